The Balaban J connectivity index is 1.99. The lowest BCUT2D eigenvalue weighted by molar-refractivity contribution is -0.119. The van der Waals surface area contributed by atoms with E-state index in [2.05, 4.69) is 30.9 Å². The third kappa shape index (κ3) is 4.22. The summed E-state index contributed by atoms with van der Waals surface area (Å²) in [7, 11) is 3.71. The zero-order chi connectivity index (χ0) is 14.5. The Morgan fingerprint density at radius 3 is 2.40 bits per heavy atom. The summed E-state index contributed by atoms with van der Waals surface area (Å²) in [5.41, 5.74) is 0. The first kappa shape index (κ1) is 14.3. The summed E-state index contributed by atoms with van der Waals surface area (Å²) >= 11 is 0. The molecule has 20 heavy (non-hydrogen) atoms. The van der Waals surface area contributed by atoms with E-state index in [1.807, 2.05) is 21.0 Å². The molecule has 3 N–H and O–H groups in total. The summed E-state index contributed by atoms with van der Waals surface area (Å²) < 4.78 is 0. The number of carbonyl (C=O) groups excluding carboxylic acids is 1. The predicted octanol–water partition coefficient (Wildman–Crippen LogP) is 0.0599. The molecule has 1 heterocycles. The minimum absolute atomic E-state index is 0.0377. The molecular formula is C12H21N7O. The molecule has 1 amide bonds. The highest BCUT2D eigenvalue weighted by molar-refractivity contribution is 5.80. The molecule has 1 fully saturated rings. The lowest BCUT2D eigenvalue weighted by atomic mass is 10.5. The normalized spacial score (nSPS) is 13.8. The molecule has 8 heteroatoms. The van der Waals surface area contributed by atoms with E-state index in [4.69, 9.17) is 0 Å². The van der Waals surface area contributed by atoms with Crippen LogP contribution in [0, 0.1) is 0 Å². The highest BCUT2D eigenvalue weighted by atomic mass is 16.2. The van der Waals surface area contributed by atoms with E-state index < -0.39 is 0 Å². The Morgan fingerprint density at radius 1 is 1.20 bits per heavy atom. The first-order valence-electron chi connectivity index (χ1n) is 6.79. The molecule has 0 spiro atoms. The van der Waals surface area contributed by atoms with E-state index in [0.717, 1.165) is 19.4 Å². The van der Waals surface area contributed by atoms with Gasteiger partial charge in [0.15, 0.2) is 0 Å². The number of anilines is 3. The second kappa shape index (κ2) is 6.36. The minimum atomic E-state index is -0.0377. The van der Waals surface area contributed by atoms with Gasteiger partial charge >= 0.3 is 0 Å². The van der Waals surface area contributed by atoms with Crippen molar-refractivity contribution in [3.8, 4) is 0 Å². The third-order valence-electron chi connectivity index (χ3n) is 2.71. The molecule has 1 aliphatic rings. The van der Waals surface area contributed by atoms with Crippen molar-refractivity contribution in [1.82, 2.24) is 20.3 Å². The van der Waals surface area contributed by atoms with Gasteiger partial charge in [0.1, 0.15) is 0 Å². The lowest BCUT2D eigenvalue weighted by Crippen LogP contribution is -2.32. The molecule has 1 aromatic heterocycles. The van der Waals surface area contributed by atoms with Crippen LogP contribution in [0.25, 0.3) is 0 Å². The Kier molecular flexibility index (Phi) is 4.54. The molecule has 1 saturated carbocycles. The van der Waals surface area contributed by atoms with Crippen molar-refractivity contribution in [2.75, 3.05) is 42.7 Å². The summed E-state index contributed by atoms with van der Waals surface area (Å²) in [5.74, 6) is 1.40. The second-order valence-electron chi connectivity index (χ2n) is 4.90. The fraction of sp³-hybridized carbons (Fsp3) is 0.667. The highest BCUT2D eigenvalue weighted by Crippen LogP contribution is 2.18. The smallest absolute Gasteiger partial charge is 0.239 e. The number of rotatable bonds is 7. The first-order valence-corrected chi connectivity index (χ1v) is 6.79. The van der Waals surface area contributed by atoms with Gasteiger partial charge in [0.2, 0.25) is 23.8 Å². The van der Waals surface area contributed by atoms with Crippen molar-refractivity contribution in [3.05, 3.63) is 0 Å². The van der Waals surface area contributed by atoms with E-state index in [9.17, 15) is 4.79 Å². The molecule has 1 aliphatic carbocycles. The van der Waals surface area contributed by atoms with Gasteiger partial charge in [-0.25, -0.2) is 0 Å². The zero-order valence-electron chi connectivity index (χ0n) is 12.1. The lowest BCUT2D eigenvalue weighted by Gasteiger charge is -2.13. The van der Waals surface area contributed by atoms with Crippen LogP contribution < -0.4 is 20.9 Å². The van der Waals surface area contributed by atoms with Gasteiger partial charge in [0, 0.05) is 26.7 Å². The quantitative estimate of drug-likeness (QED) is 0.649. The van der Waals surface area contributed by atoms with Crippen molar-refractivity contribution in [3.63, 3.8) is 0 Å². The molecule has 1 aromatic rings. The largest absolute Gasteiger partial charge is 0.354 e. The number of carbonyl (C=O) groups is 1. The fourth-order valence-electron chi connectivity index (χ4n) is 1.55. The van der Waals surface area contributed by atoms with E-state index in [1.54, 1.807) is 4.90 Å². The Hall–Kier alpha value is -2.12. The van der Waals surface area contributed by atoms with Crippen molar-refractivity contribution in [2.24, 2.45) is 0 Å². The van der Waals surface area contributed by atoms with Crippen LogP contribution in [0.4, 0.5) is 17.8 Å². The number of nitrogens with one attached hydrogen (secondary N) is 3. The number of aromatic nitrogens is 3. The van der Waals surface area contributed by atoms with Gasteiger partial charge < -0.3 is 20.9 Å². The fourth-order valence-corrected chi connectivity index (χ4v) is 1.55. The zero-order valence-corrected chi connectivity index (χ0v) is 12.1. The van der Waals surface area contributed by atoms with Crippen LogP contribution in [-0.4, -0.2) is 54.1 Å². The monoisotopic (exact) mass is 279 g/mol. The Bertz CT molecular complexity index is 473. The van der Waals surface area contributed by atoms with Gasteiger partial charge in [-0.3, -0.25) is 4.79 Å². The number of hydrogen-bond acceptors (Lipinski definition) is 7. The number of nitrogens with zero attached hydrogens (tertiary/aromatic N) is 4. The molecule has 0 bridgehead atoms. The van der Waals surface area contributed by atoms with Crippen LogP contribution in [0.15, 0.2) is 0 Å². The maximum atomic E-state index is 11.6. The molecule has 110 valence electrons. The minimum Gasteiger partial charge on any atom is -0.354 e. The van der Waals surface area contributed by atoms with Gasteiger partial charge in [0.25, 0.3) is 0 Å². The average molecular weight is 279 g/mol. The van der Waals surface area contributed by atoms with Gasteiger partial charge in [-0.15, -0.1) is 0 Å². The van der Waals surface area contributed by atoms with Crippen molar-refractivity contribution in [1.29, 1.82) is 0 Å². The first-order chi connectivity index (χ1) is 9.58. The second-order valence-corrected chi connectivity index (χ2v) is 4.90. The van der Waals surface area contributed by atoms with E-state index in [0.29, 0.717) is 23.9 Å². The summed E-state index contributed by atoms with van der Waals surface area (Å²) in [6, 6.07) is 0.359. The van der Waals surface area contributed by atoms with Gasteiger partial charge in [-0.05, 0) is 19.8 Å². The van der Waals surface area contributed by atoms with Crippen LogP contribution >= 0.6 is 0 Å². The van der Waals surface area contributed by atoms with Crippen molar-refractivity contribution < 1.29 is 4.79 Å². The molecule has 2 rings (SSSR count). The maximum Gasteiger partial charge on any atom is 0.239 e. The van der Waals surface area contributed by atoms with Crippen molar-refractivity contribution >= 4 is 23.8 Å². The van der Waals surface area contributed by atoms with Crippen molar-refractivity contribution in [2.45, 2.75) is 25.8 Å². The van der Waals surface area contributed by atoms with Crippen LogP contribution in [0.1, 0.15) is 19.8 Å². The molecule has 0 unspecified atom stereocenters. The Labute approximate surface area is 118 Å². The molecule has 8 nitrogen and oxygen atoms in total. The topological polar surface area (TPSA) is 95.1 Å². The van der Waals surface area contributed by atoms with E-state index in [1.165, 1.54) is 0 Å². The standard InChI is InChI=1S/C12H21N7O/c1-4-13-10-16-11(18-12(17-10)19(2)3)14-7-9(20)15-8-5-6-8/h8H,4-7H2,1-3H3,(H,15,20)(H2,13,14,16,17,18). The van der Waals surface area contributed by atoms with Crippen LogP contribution in [0.2, 0.25) is 0 Å². The van der Waals surface area contributed by atoms with Crippen LogP contribution in [0.5, 0.6) is 0 Å². The predicted molar refractivity (Wildman–Crippen MR) is 78.0 cm³/mol. The van der Waals surface area contributed by atoms with Gasteiger partial charge in [0.05, 0.1) is 6.54 Å². The summed E-state index contributed by atoms with van der Waals surface area (Å²) in [4.78, 5) is 26.2. The number of amides is 1. The SMILES string of the molecule is CCNc1nc(NCC(=O)NC2CC2)nc(N(C)C)n1. The van der Waals surface area contributed by atoms with Gasteiger partial charge in [-0.2, -0.15) is 15.0 Å². The van der Waals surface area contributed by atoms with E-state index in [-0.39, 0.29) is 12.5 Å². The molecule has 0 radical (unpaired) electrons. The summed E-state index contributed by atoms with van der Waals surface area (Å²) in [6.07, 6.45) is 2.15. The van der Waals surface area contributed by atoms with Crippen LogP contribution in [-0.2, 0) is 4.79 Å². The summed E-state index contributed by atoms with van der Waals surface area (Å²) in [5, 5.41) is 8.88. The molecule has 0 atom stereocenters. The molecule has 0 aliphatic heterocycles. The highest BCUT2D eigenvalue weighted by Gasteiger charge is 2.23. The van der Waals surface area contributed by atoms with Gasteiger partial charge in [-0.1, -0.05) is 0 Å². The Morgan fingerprint density at radius 2 is 1.85 bits per heavy atom. The molecular weight excluding hydrogens is 258 g/mol. The molecule has 0 saturated heterocycles. The third-order valence-corrected chi connectivity index (χ3v) is 2.71. The van der Waals surface area contributed by atoms with Crippen LogP contribution in [0.3, 0.4) is 0 Å². The van der Waals surface area contributed by atoms with E-state index >= 15 is 0 Å². The molecule has 0 aromatic carbocycles. The number of hydrogen-bond donors (Lipinski definition) is 3. The maximum absolute atomic E-state index is 11.6. The summed E-state index contributed by atoms with van der Waals surface area (Å²) in [6.45, 7) is 2.85. The average Bonchev–Trinajstić information content (AvgIpc) is 3.20.